The minimum Gasteiger partial charge on any atom is -0.455 e. The van der Waals surface area contributed by atoms with E-state index in [1.165, 1.54) is 6.07 Å². The lowest BCUT2D eigenvalue weighted by atomic mass is 9.79. The summed E-state index contributed by atoms with van der Waals surface area (Å²) in [5.41, 5.74) is 0.241. The van der Waals surface area contributed by atoms with Crippen molar-refractivity contribution in [3.8, 4) is 22.3 Å². The van der Waals surface area contributed by atoms with Crippen LogP contribution in [-0.4, -0.2) is 18.3 Å². The molecule has 0 unspecified atom stereocenters. The minimum atomic E-state index is -0.681. The van der Waals surface area contributed by atoms with Crippen molar-refractivity contribution in [3.05, 3.63) is 90.8 Å². The van der Waals surface area contributed by atoms with Gasteiger partial charge in [0.15, 0.2) is 0 Å². The number of hydrogen-bond donors (Lipinski definition) is 0. The fraction of sp³-hybridized carbons (Fsp3) is 0.200. The summed E-state index contributed by atoms with van der Waals surface area (Å²) < 4.78 is 102. The molecule has 1 aromatic heterocycles. The average molecular weight is 456 g/mol. The molecule has 0 amide bonds. The van der Waals surface area contributed by atoms with Gasteiger partial charge < -0.3 is 13.7 Å². The maximum atomic E-state index is 8.65. The molecular weight excluding hydrogens is 419 g/mol. The molecule has 4 aromatic carbocycles. The summed E-state index contributed by atoms with van der Waals surface area (Å²) in [6, 6.07) is 3.43. The Balaban J connectivity index is 1.69. The van der Waals surface area contributed by atoms with Gasteiger partial charge in [0, 0.05) is 16.3 Å². The topological polar surface area (TPSA) is 31.6 Å². The Kier molecular flexibility index (Phi) is 2.89. The van der Waals surface area contributed by atoms with Crippen LogP contribution in [0, 0.1) is 0 Å². The first kappa shape index (κ1) is 12.9. The van der Waals surface area contributed by atoms with E-state index in [9.17, 15) is 0 Å². The summed E-state index contributed by atoms with van der Waals surface area (Å²) in [4.78, 5) is 0. The van der Waals surface area contributed by atoms with E-state index in [2.05, 4.69) is 0 Å². The Morgan fingerprint density at radius 3 is 1.94 bits per heavy atom. The van der Waals surface area contributed by atoms with Gasteiger partial charge >= 0.3 is 7.12 Å². The molecule has 0 atom stereocenters. The maximum Gasteiger partial charge on any atom is 0.494 e. The molecule has 0 aliphatic carbocycles. The third-order valence-corrected chi connectivity index (χ3v) is 6.68. The highest BCUT2D eigenvalue weighted by Crippen LogP contribution is 2.40. The van der Waals surface area contributed by atoms with Crippen LogP contribution in [0.2, 0.25) is 0 Å². The highest BCUT2D eigenvalue weighted by molar-refractivity contribution is 6.62. The second-order valence-electron chi connectivity index (χ2n) is 9.35. The van der Waals surface area contributed by atoms with Gasteiger partial charge in [0.05, 0.1) is 24.9 Å². The van der Waals surface area contributed by atoms with E-state index >= 15 is 0 Å². The lowest BCUT2D eigenvalue weighted by Gasteiger charge is -2.32. The van der Waals surface area contributed by atoms with Crippen molar-refractivity contribution in [2.75, 3.05) is 0 Å². The highest BCUT2D eigenvalue weighted by atomic mass is 16.7. The number of furan rings is 1. The van der Waals surface area contributed by atoms with E-state index in [0.717, 1.165) is 0 Å². The molecule has 168 valence electrons. The van der Waals surface area contributed by atoms with E-state index < -0.39 is 78.7 Å². The number of benzene rings is 4. The molecule has 1 aliphatic heterocycles. The van der Waals surface area contributed by atoms with Crippen molar-refractivity contribution < 1.29 is 27.4 Å². The van der Waals surface area contributed by atoms with Crippen molar-refractivity contribution in [2.45, 2.75) is 38.9 Å². The molecule has 0 radical (unpaired) electrons. The monoisotopic (exact) mass is 456 g/mol. The Morgan fingerprint density at radius 1 is 0.676 bits per heavy atom. The predicted octanol–water partition coefficient (Wildman–Crippen LogP) is 7.22. The molecule has 0 spiro atoms. The molecular formula is C30H27BO3. The van der Waals surface area contributed by atoms with Crippen molar-refractivity contribution in [1.82, 2.24) is 0 Å². The zero-order valence-electron chi connectivity index (χ0n) is 29.2. The lowest BCUT2D eigenvalue weighted by Crippen LogP contribution is -2.41. The first-order valence-corrected chi connectivity index (χ1v) is 11.0. The van der Waals surface area contributed by atoms with Crippen LogP contribution in [0.25, 0.3) is 44.2 Å². The molecule has 0 saturated carbocycles. The third kappa shape index (κ3) is 3.37. The van der Waals surface area contributed by atoms with Crippen LogP contribution in [0.3, 0.4) is 0 Å². The summed E-state index contributed by atoms with van der Waals surface area (Å²) in [5, 5.41) is 1.06. The molecule has 1 aliphatic rings. The second kappa shape index (κ2) is 7.59. The van der Waals surface area contributed by atoms with E-state index in [4.69, 9.17) is 27.4 Å². The molecule has 5 aromatic rings. The summed E-state index contributed by atoms with van der Waals surface area (Å²) in [6.45, 7) is 7.78. The van der Waals surface area contributed by atoms with Crippen LogP contribution in [0.5, 0.6) is 0 Å². The van der Waals surface area contributed by atoms with E-state index in [-0.39, 0.29) is 27.8 Å². The van der Waals surface area contributed by atoms with Crippen LogP contribution in [0.15, 0.2) is 95.2 Å². The molecule has 34 heavy (non-hydrogen) atoms. The first-order valence-electron chi connectivity index (χ1n) is 16.0. The fourth-order valence-corrected chi connectivity index (χ4v) is 4.13. The van der Waals surface area contributed by atoms with Gasteiger partial charge in [-0.15, -0.1) is 0 Å². The van der Waals surface area contributed by atoms with Gasteiger partial charge in [0.2, 0.25) is 0 Å². The molecule has 0 N–H and O–H groups in total. The standard InChI is InChI=1S/C30H27BO3/c1-29(2)30(3,4)34-31(33-29)23-15-16-24-26-18-22(20-11-7-5-8-12-20)17-25(21-13-9-6-10-14-21)28(26)32-27(24)19-23/h5-19H,1-4H3/i5D,6D,7D,8D,9D,10D,11D,12D,13D,14D. The van der Waals surface area contributed by atoms with E-state index in [0.29, 0.717) is 21.8 Å². The quantitative estimate of drug-likeness (QED) is 0.269. The van der Waals surface area contributed by atoms with Crippen LogP contribution in [-0.2, 0) is 9.31 Å². The SMILES string of the molecule is [2H]c1c([2H])c([2H])c(-c2cc(-c3c([2H])c([2H])c([2H])c([2H])c3[2H])c3oc4cc(B5OC(C)(C)C(C)(C)O5)ccc4c3c2)c([2H])c1[2H]. The molecule has 4 heteroatoms. The minimum absolute atomic E-state index is 0.0882. The van der Waals surface area contributed by atoms with Crippen LogP contribution < -0.4 is 5.46 Å². The third-order valence-electron chi connectivity index (χ3n) is 6.68. The Labute approximate surface area is 214 Å². The Morgan fingerprint density at radius 2 is 1.29 bits per heavy atom. The molecule has 2 heterocycles. The maximum absolute atomic E-state index is 8.65. The normalized spacial score (nSPS) is 21.1. The summed E-state index contributed by atoms with van der Waals surface area (Å²) >= 11 is 0. The number of rotatable bonds is 3. The van der Waals surface area contributed by atoms with Gasteiger partial charge in [0.1, 0.15) is 11.2 Å². The highest BCUT2D eigenvalue weighted by Gasteiger charge is 2.51. The van der Waals surface area contributed by atoms with Crippen molar-refractivity contribution >= 4 is 34.5 Å². The lowest BCUT2D eigenvalue weighted by molar-refractivity contribution is 0.00578. The molecule has 1 saturated heterocycles. The van der Waals surface area contributed by atoms with Crippen LogP contribution in [0.1, 0.15) is 41.4 Å². The summed E-state index contributed by atoms with van der Waals surface area (Å²) in [6.07, 6.45) is 0. The zero-order chi connectivity index (χ0) is 32.2. The van der Waals surface area contributed by atoms with Crippen LogP contribution >= 0.6 is 0 Å². The van der Waals surface area contributed by atoms with Crippen molar-refractivity contribution in [2.24, 2.45) is 0 Å². The van der Waals surface area contributed by atoms with E-state index in [1.54, 1.807) is 18.2 Å². The van der Waals surface area contributed by atoms with Gasteiger partial charge in [-0.05, 0) is 68.0 Å². The van der Waals surface area contributed by atoms with Gasteiger partial charge in [-0.2, -0.15) is 0 Å². The van der Waals surface area contributed by atoms with Crippen molar-refractivity contribution in [3.63, 3.8) is 0 Å². The molecule has 6 rings (SSSR count). The fourth-order valence-electron chi connectivity index (χ4n) is 4.13. The first-order chi connectivity index (χ1) is 20.5. The average Bonchev–Trinajstić information content (AvgIpc) is 3.45. The van der Waals surface area contributed by atoms with Gasteiger partial charge in [-0.25, -0.2) is 0 Å². The van der Waals surface area contributed by atoms with Gasteiger partial charge in [-0.1, -0.05) is 72.6 Å². The van der Waals surface area contributed by atoms with Gasteiger partial charge in [-0.3, -0.25) is 0 Å². The van der Waals surface area contributed by atoms with Crippen LogP contribution in [0.4, 0.5) is 0 Å². The Bertz CT molecular complexity index is 1980. The van der Waals surface area contributed by atoms with E-state index in [1.807, 2.05) is 33.8 Å². The van der Waals surface area contributed by atoms with Gasteiger partial charge in [0.25, 0.3) is 0 Å². The summed E-state index contributed by atoms with van der Waals surface area (Å²) in [7, 11) is -0.681. The number of hydrogen-bond acceptors (Lipinski definition) is 3. The molecule has 0 bridgehead atoms. The Hall–Kier alpha value is -3.34. The largest absolute Gasteiger partial charge is 0.494 e. The second-order valence-corrected chi connectivity index (χ2v) is 9.35. The van der Waals surface area contributed by atoms with Crippen molar-refractivity contribution in [1.29, 1.82) is 0 Å². The molecule has 1 fully saturated rings. The number of fused-ring (bicyclic) bond motifs is 3. The molecule has 3 nitrogen and oxygen atoms in total. The zero-order valence-corrected chi connectivity index (χ0v) is 19.2. The smallest absolute Gasteiger partial charge is 0.455 e. The summed E-state index contributed by atoms with van der Waals surface area (Å²) in [5.74, 6) is 0. The predicted molar refractivity (Wildman–Crippen MR) is 140 cm³/mol.